The maximum atomic E-state index is 13.2. The van der Waals surface area contributed by atoms with Crippen LogP contribution in [0.15, 0.2) is 42.5 Å². The number of nitrogens with one attached hydrogen (secondary N) is 1. The fraction of sp³-hybridized carbons (Fsp3) is 0.417. The molecule has 2 atom stereocenters. The average molecular weight is 580 g/mol. The number of rotatable bonds is 8. The Morgan fingerprint density at radius 2 is 1.74 bits per heavy atom. The molecule has 3 rings (SSSR count). The van der Waals surface area contributed by atoms with Gasteiger partial charge in [0.2, 0.25) is 5.91 Å². The van der Waals surface area contributed by atoms with Gasteiger partial charge in [-0.1, -0.05) is 23.7 Å². The maximum Gasteiger partial charge on any atom is 0.516 e. The third-order valence-electron chi connectivity index (χ3n) is 6.01. The highest BCUT2D eigenvalue weighted by molar-refractivity contribution is 7.90. The number of nitrogens with zero attached hydrogens (tertiary/aromatic N) is 2. The molecule has 0 spiro atoms. The van der Waals surface area contributed by atoms with Gasteiger partial charge in [-0.25, -0.2) is 9.11 Å². The molecule has 2 aromatic rings. The molecule has 1 saturated heterocycles. The Labute approximate surface area is 222 Å². The Hall–Kier alpha value is -2.90. The Bertz CT molecular complexity index is 1270. The van der Waals surface area contributed by atoms with E-state index in [-0.39, 0.29) is 40.1 Å². The normalized spacial score (nSPS) is 18.8. The highest BCUT2D eigenvalue weighted by Gasteiger charge is 2.47. The van der Waals surface area contributed by atoms with Crippen molar-refractivity contribution < 1.29 is 40.3 Å². The molecule has 1 fully saturated rings. The van der Waals surface area contributed by atoms with Crippen molar-refractivity contribution in [3.05, 3.63) is 64.4 Å². The first-order chi connectivity index (χ1) is 17.7. The zero-order chi connectivity index (χ0) is 28.3. The fourth-order valence-corrected chi connectivity index (χ4v) is 4.74. The van der Waals surface area contributed by atoms with Crippen LogP contribution in [-0.4, -0.2) is 67.3 Å². The lowest BCUT2D eigenvalue weighted by Gasteiger charge is -2.44. The first kappa shape index (κ1) is 29.7. The highest BCUT2D eigenvalue weighted by Crippen LogP contribution is 2.26. The molecular formula is C24H26ClF4N3O5S. The van der Waals surface area contributed by atoms with Crippen LogP contribution in [0, 0.1) is 5.82 Å². The highest BCUT2D eigenvalue weighted by atomic mass is 35.5. The monoisotopic (exact) mass is 579 g/mol. The molecule has 38 heavy (non-hydrogen) atoms. The van der Waals surface area contributed by atoms with Crippen molar-refractivity contribution >= 4 is 33.4 Å². The van der Waals surface area contributed by atoms with Crippen molar-refractivity contribution in [3.63, 3.8) is 0 Å². The molecule has 0 bridgehead atoms. The number of amides is 2. The lowest BCUT2D eigenvalue weighted by Crippen LogP contribution is -2.58. The van der Waals surface area contributed by atoms with Gasteiger partial charge >= 0.3 is 15.5 Å². The molecule has 208 valence electrons. The fourth-order valence-electron chi connectivity index (χ4n) is 4.06. The number of carbonyl (C=O) groups is 2. The lowest BCUT2D eigenvalue weighted by molar-refractivity contribution is -0.139. The summed E-state index contributed by atoms with van der Waals surface area (Å²) < 4.78 is 79.8. The minimum absolute atomic E-state index is 0.00189. The van der Waals surface area contributed by atoms with Crippen molar-refractivity contribution in [1.82, 2.24) is 14.5 Å². The SMILES string of the molecule is C[C@@H]1CN(Cc2ccc(F)cc2)[C@@H](C)CN1C(=O)COc1ccc(Cl)cc1CC(=O)NS(=O)(=O)C(F)(F)F. The standard InChI is InChI=1S/C24H26ClF4N3O5S/c1-15-12-32(16(2)11-31(15)13-17-3-6-20(26)7-4-17)23(34)14-37-21-8-5-19(25)9-18(21)10-22(33)30-38(35,36)24(27,28)29/h3-9,15-16H,10-14H2,1-2H3,(H,30,33)/t15-,16+/m0/s1. The molecule has 0 unspecified atom stereocenters. The number of ether oxygens (including phenoxy) is 1. The minimum atomic E-state index is -5.87. The predicted octanol–water partition coefficient (Wildman–Crippen LogP) is 3.49. The average Bonchev–Trinajstić information content (AvgIpc) is 2.80. The van der Waals surface area contributed by atoms with E-state index < -0.39 is 34.5 Å². The van der Waals surface area contributed by atoms with Gasteiger partial charge in [-0.15, -0.1) is 0 Å². The van der Waals surface area contributed by atoms with Crippen molar-refractivity contribution in [2.75, 3.05) is 19.7 Å². The predicted molar refractivity (Wildman–Crippen MR) is 131 cm³/mol. The summed E-state index contributed by atoms with van der Waals surface area (Å²) in [6, 6.07) is 9.99. The number of hydrogen-bond donors (Lipinski definition) is 1. The Morgan fingerprint density at radius 3 is 2.37 bits per heavy atom. The third kappa shape index (κ3) is 7.58. The van der Waals surface area contributed by atoms with Gasteiger partial charge in [0.1, 0.15) is 11.6 Å². The van der Waals surface area contributed by atoms with Crippen LogP contribution < -0.4 is 9.46 Å². The van der Waals surface area contributed by atoms with Gasteiger partial charge in [-0.3, -0.25) is 14.5 Å². The van der Waals surface area contributed by atoms with Crippen LogP contribution in [0.4, 0.5) is 17.6 Å². The molecule has 2 amide bonds. The van der Waals surface area contributed by atoms with Gasteiger partial charge in [0, 0.05) is 42.3 Å². The quantitative estimate of drug-likeness (QED) is 0.481. The van der Waals surface area contributed by atoms with Crippen molar-refractivity contribution in [2.45, 2.75) is 44.4 Å². The van der Waals surface area contributed by atoms with Crippen molar-refractivity contribution in [2.24, 2.45) is 0 Å². The number of halogens is 5. The number of alkyl halides is 3. The third-order valence-corrected chi connectivity index (χ3v) is 7.35. The minimum Gasteiger partial charge on any atom is -0.483 e. The van der Waals surface area contributed by atoms with E-state index >= 15 is 0 Å². The van der Waals surface area contributed by atoms with Crippen molar-refractivity contribution in [3.8, 4) is 5.75 Å². The van der Waals surface area contributed by atoms with Gasteiger partial charge in [0.25, 0.3) is 5.91 Å². The molecule has 14 heteroatoms. The van der Waals surface area contributed by atoms with E-state index in [0.717, 1.165) is 10.3 Å². The summed E-state index contributed by atoms with van der Waals surface area (Å²) in [4.78, 5) is 28.8. The second kappa shape index (κ2) is 11.9. The lowest BCUT2D eigenvalue weighted by atomic mass is 10.1. The smallest absolute Gasteiger partial charge is 0.483 e. The Morgan fingerprint density at radius 1 is 1.08 bits per heavy atom. The molecule has 0 radical (unpaired) electrons. The first-order valence-corrected chi connectivity index (χ1v) is 13.3. The number of sulfonamides is 1. The van der Waals surface area contributed by atoms with E-state index in [0.29, 0.717) is 19.6 Å². The summed E-state index contributed by atoms with van der Waals surface area (Å²) in [6.45, 7) is 4.96. The molecule has 2 aromatic carbocycles. The largest absolute Gasteiger partial charge is 0.516 e. The van der Waals surface area contributed by atoms with E-state index in [1.807, 2.05) is 13.8 Å². The van der Waals surface area contributed by atoms with Gasteiger partial charge < -0.3 is 9.64 Å². The van der Waals surface area contributed by atoms with E-state index in [4.69, 9.17) is 16.3 Å². The molecule has 8 nitrogen and oxygen atoms in total. The Kier molecular flexibility index (Phi) is 9.26. The molecule has 1 heterocycles. The van der Waals surface area contributed by atoms with Crippen LogP contribution in [-0.2, 0) is 32.6 Å². The number of carbonyl (C=O) groups excluding carboxylic acids is 2. The second-order valence-corrected chi connectivity index (χ2v) is 11.1. The van der Waals surface area contributed by atoms with Gasteiger partial charge in [-0.05, 0) is 49.7 Å². The molecule has 0 saturated carbocycles. The molecule has 0 aromatic heterocycles. The number of piperazine rings is 1. The Balaban J connectivity index is 1.61. The van der Waals surface area contributed by atoms with Crippen LogP contribution >= 0.6 is 11.6 Å². The topological polar surface area (TPSA) is 96.0 Å². The molecule has 1 aliphatic heterocycles. The summed E-state index contributed by atoms with van der Waals surface area (Å²) in [5.41, 5.74) is -4.71. The number of hydrogen-bond acceptors (Lipinski definition) is 6. The van der Waals surface area contributed by atoms with Crippen LogP contribution in [0.3, 0.4) is 0 Å². The number of benzene rings is 2. The second-order valence-electron chi connectivity index (χ2n) is 8.99. The van der Waals surface area contributed by atoms with E-state index in [1.165, 1.54) is 30.3 Å². The first-order valence-electron chi connectivity index (χ1n) is 11.5. The van der Waals surface area contributed by atoms with Crippen molar-refractivity contribution in [1.29, 1.82) is 0 Å². The molecule has 0 aliphatic carbocycles. The van der Waals surface area contributed by atoms with E-state index in [1.54, 1.807) is 17.0 Å². The molecule has 1 N–H and O–H groups in total. The van der Waals surface area contributed by atoms with E-state index in [9.17, 15) is 35.6 Å². The van der Waals surface area contributed by atoms with E-state index in [2.05, 4.69) is 4.90 Å². The van der Waals surface area contributed by atoms with Crippen LogP contribution in [0.25, 0.3) is 0 Å². The van der Waals surface area contributed by atoms with Crippen LogP contribution in [0.5, 0.6) is 5.75 Å². The van der Waals surface area contributed by atoms with Gasteiger partial charge in [-0.2, -0.15) is 21.6 Å². The molecule has 1 aliphatic rings. The summed E-state index contributed by atoms with van der Waals surface area (Å²) in [5, 5.41) is 0.130. The summed E-state index contributed by atoms with van der Waals surface area (Å²) in [6.07, 6.45) is -0.783. The van der Waals surface area contributed by atoms with Gasteiger partial charge in [0.15, 0.2) is 6.61 Å². The summed E-state index contributed by atoms with van der Waals surface area (Å²) in [5.74, 6) is -2.12. The zero-order valence-electron chi connectivity index (χ0n) is 20.5. The van der Waals surface area contributed by atoms with Gasteiger partial charge in [0.05, 0.1) is 6.42 Å². The van der Waals surface area contributed by atoms with Crippen LogP contribution in [0.2, 0.25) is 5.02 Å². The maximum absolute atomic E-state index is 13.2. The summed E-state index contributed by atoms with van der Waals surface area (Å²) >= 11 is 5.92. The zero-order valence-corrected chi connectivity index (χ0v) is 22.0. The molecular weight excluding hydrogens is 554 g/mol. The summed E-state index contributed by atoms with van der Waals surface area (Å²) in [7, 11) is -5.87. The van der Waals surface area contributed by atoms with Crippen LogP contribution in [0.1, 0.15) is 25.0 Å².